The Morgan fingerprint density at radius 2 is 1.81 bits per heavy atom. The second-order valence-electron chi connectivity index (χ2n) is 4.39. The SMILES string of the molecule is Cc1nnc(CNC(=O)C(=O)NCCc2ccccc2)o1. The van der Waals surface area contributed by atoms with Gasteiger partial charge in [-0.2, -0.15) is 0 Å². The van der Waals surface area contributed by atoms with Crippen molar-refractivity contribution in [2.75, 3.05) is 6.54 Å². The van der Waals surface area contributed by atoms with E-state index in [1.807, 2.05) is 30.3 Å². The van der Waals surface area contributed by atoms with E-state index >= 15 is 0 Å². The van der Waals surface area contributed by atoms with E-state index in [0.29, 0.717) is 18.9 Å². The van der Waals surface area contributed by atoms with E-state index in [-0.39, 0.29) is 12.4 Å². The summed E-state index contributed by atoms with van der Waals surface area (Å²) in [6.45, 7) is 2.08. The number of benzene rings is 1. The molecule has 0 aliphatic carbocycles. The van der Waals surface area contributed by atoms with Gasteiger partial charge in [-0.15, -0.1) is 10.2 Å². The van der Waals surface area contributed by atoms with Crippen LogP contribution in [0.25, 0.3) is 0 Å². The molecule has 0 aliphatic heterocycles. The van der Waals surface area contributed by atoms with Crippen LogP contribution in [0.3, 0.4) is 0 Å². The first-order valence-corrected chi connectivity index (χ1v) is 6.54. The molecule has 1 aromatic carbocycles. The molecule has 0 spiro atoms. The predicted octanol–water partition coefficient (Wildman–Crippen LogP) is 0.353. The highest BCUT2D eigenvalue weighted by atomic mass is 16.4. The highest BCUT2D eigenvalue weighted by molar-refractivity contribution is 6.35. The summed E-state index contributed by atoms with van der Waals surface area (Å²) in [5, 5.41) is 12.3. The van der Waals surface area contributed by atoms with E-state index in [1.165, 1.54) is 0 Å². The molecule has 0 fully saturated rings. The van der Waals surface area contributed by atoms with Crippen LogP contribution in [-0.4, -0.2) is 28.6 Å². The number of hydrogen-bond donors (Lipinski definition) is 2. The Bertz CT molecular complexity index is 610. The molecule has 7 nitrogen and oxygen atoms in total. The maximum absolute atomic E-state index is 11.6. The molecule has 2 rings (SSSR count). The van der Waals surface area contributed by atoms with Crippen LogP contribution in [-0.2, 0) is 22.6 Å². The summed E-state index contributed by atoms with van der Waals surface area (Å²) in [5.41, 5.74) is 1.10. The number of hydrogen-bond acceptors (Lipinski definition) is 5. The molecule has 0 saturated carbocycles. The van der Waals surface area contributed by atoms with Crippen molar-refractivity contribution in [3.05, 3.63) is 47.7 Å². The molecule has 2 amide bonds. The monoisotopic (exact) mass is 288 g/mol. The van der Waals surface area contributed by atoms with Crippen molar-refractivity contribution in [3.63, 3.8) is 0 Å². The molecule has 1 aromatic heterocycles. The van der Waals surface area contributed by atoms with Gasteiger partial charge < -0.3 is 15.1 Å². The van der Waals surface area contributed by atoms with E-state index in [2.05, 4.69) is 20.8 Å². The number of nitrogens with zero attached hydrogens (tertiary/aromatic N) is 2. The molecule has 1 heterocycles. The molecule has 2 N–H and O–H groups in total. The highest BCUT2D eigenvalue weighted by Gasteiger charge is 2.13. The van der Waals surface area contributed by atoms with Crippen LogP contribution in [0.1, 0.15) is 17.3 Å². The predicted molar refractivity (Wildman–Crippen MR) is 74.0 cm³/mol. The van der Waals surface area contributed by atoms with Gasteiger partial charge in [0.15, 0.2) is 0 Å². The van der Waals surface area contributed by atoms with Crippen molar-refractivity contribution >= 4 is 11.8 Å². The zero-order valence-corrected chi connectivity index (χ0v) is 11.6. The lowest BCUT2D eigenvalue weighted by Crippen LogP contribution is -2.40. The number of amides is 2. The molecule has 0 unspecified atom stereocenters. The molecule has 0 atom stereocenters. The number of aromatic nitrogens is 2. The second kappa shape index (κ2) is 7.18. The van der Waals surface area contributed by atoms with Gasteiger partial charge in [0.25, 0.3) is 0 Å². The van der Waals surface area contributed by atoms with Crippen LogP contribution in [0.15, 0.2) is 34.7 Å². The van der Waals surface area contributed by atoms with Crippen molar-refractivity contribution in [2.45, 2.75) is 19.9 Å². The third-order valence-electron chi connectivity index (χ3n) is 2.72. The van der Waals surface area contributed by atoms with E-state index in [9.17, 15) is 9.59 Å². The van der Waals surface area contributed by atoms with Gasteiger partial charge in [-0.05, 0) is 12.0 Å². The minimum Gasteiger partial charge on any atom is -0.424 e. The van der Waals surface area contributed by atoms with E-state index in [4.69, 9.17) is 4.42 Å². The fourth-order valence-electron chi connectivity index (χ4n) is 1.69. The Morgan fingerprint density at radius 3 is 2.48 bits per heavy atom. The number of rotatable bonds is 5. The fourth-order valence-corrected chi connectivity index (χ4v) is 1.69. The van der Waals surface area contributed by atoms with Gasteiger partial charge in [-0.1, -0.05) is 30.3 Å². The third kappa shape index (κ3) is 4.72. The van der Waals surface area contributed by atoms with Gasteiger partial charge in [-0.3, -0.25) is 9.59 Å². The van der Waals surface area contributed by atoms with Gasteiger partial charge in [-0.25, -0.2) is 0 Å². The Hall–Kier alpha value is -2.70. The first kappa shape index (κ1) is 14.7. The molecule has 0 bridgehead atoms. The van der Waals surface area contributed by atoms with Gasteiger partial charge in [0, 0.05) is 13.5 Å². The Kier molecular flexibility index (Phi) is 5.03. The maximum Gasteiger partial charge on any atom is 0.309 e. The van der Waals surface area contributed by atoms with Crippen LogP contribution in [0.2, 0.25) is 0 Å². The number of aryl methyl sites for hydroxylation is 1. The highest BCUT2D eigenvalue weighted by Crippen LogP contribution is 1.98. The molecular weight excluding hydrogens is 272 g/mol. The largest absolute Gasteiger partial charge is 0.424 e. The molecule has 0 aliphatic rings. The summed E-state index contributed by atoms with van der Waals surface area (Å²) in [6, 6.07) is 9.70. The zero-order valence-electron chi connectivity index (χ0n) is 11.6. The summed E-state index contributed by atoms with van der Waals surface area (Å²) in [5.74, 6) is -0.731. The lowest BCUT2D eigenvalue weighted by molar-refractivity contribution is -0.139. The maximum atomic E-state index is 11.6. The summed E-state index contributed by atoms with van der Waals surface area (Å²) in [4.78, 5) is 23.1. The molecule has 7 heteroatoms. The van der Waals surface area contributed by atoms with Crippen molar-refractivity contribution in [3.8, 4) is 0 Å². The Balaban J connectivity index is 1.69. The quantitative estimate of drug-likeness (QED) is 0.774. The van der Waals surface area contributed by atoms with Gasteiger partial charge in [0.05, 0.1) is 6.54 Å². The van der Waals surface area contributed by atoms with E-state index < -0.39 is 11.8 Å². The van der Waals surface area contributed by atoms with Crippen LogP contribution < -0.4 is 10.6 Å². The standard InChI is InChI=1S/C14H16N4O3/c1-10-17-18-12(21-10)9-16-14(20)13(19)15-8-7-11-5-3-2-4-6-11/h2-6H,7-9H2,1H3,(H,15,19)(H,16,20). The number of carbonyl (C=O) groups excluding carboxylic acids is 2. The summed E-state index contributed by atoms with van der Waals surface area (Å²) < 4.78 is 5.08. The van der Waals surface area contributed by atoms with Crippen molar-refractivity contribution in [1.29, 1.82) is 0 Å². The third-order valence-corrected chi connectivity index (χ3v) is 2.72. The van der Waals surface area contributed by atoms with Crippen LogP contribution >= 0.6 is 0 Å². The lowest BCUT2D eigenvalue weighted by Gasteiger charge is -2.05. The first-order chi connectivity index (χ1) is 10.1. The zero-order chi connectivity index (χ0) is 15.1. The first-order valence-electron chi connectivity index (χ1n) is 6.54. The van der Waals surface area contributed by atoms with Gasteiger partial charge >= 0.3 is 11.8 Å². The number of nitrogens with one attached hydrogen (secondary N) is 2. The summed E-state index contributed by atoms with van der Waals surface area (Å²) in [6.07, 6.45) is 0.669. The van der Waals surface area contributed by atoms with Crippen LogP contribution in [0.4, 0.5) is 0 Å². The molecular formula is C14H16N4O3. The van der Waals surface area contributed by atoms with Gasteiger partial charge in [0.1, 0.15) is 0 Å². The fraction of sp³-hybridized carbons (Fsp3) is 0.286. The Labute approximate surface area is 121 Å². The summed E-state index contributed by atoms with van der Waals surface area (Å²) >= 11 is 0. The van der Waals surface area contributed by atoms with Crippen LogP contribution in [0, 0.1) is 6.92 Å². The minimum atomic E-state index is -0.723. The molecule has 0 radical (unpaired) electrons. The lowest BCUT2D eigenvalue weighted by atomic mass is 10.1. The minimum absolute atomic E-state index is 0.0335. The molecule has 0 saturated heterocycles. The smallest absolute Gasteiger partial charge is 0.309 e. The Morgan fingerprint density at radius 1 is 1.10 bits per heavy atom. The molecule has 110 valence electrons. The normalized spacial score (nSPS) is 10.1. The molecule has 2 aromatic rings. The van der Waals surface area contributed by atoms with Crippen molar-refractivity contribution < 1.29 is 14.0 Å². The second-order valence-corrected chi connectivity index (χ2v) is 4.39. The average molecular weight is 288 g/mol. The van der Waals surface area contributed by atoms with Gasteiger partial charge in [0.2, 0.25) is 11.8 Å². The number of carbonyl (C=O) groups is 2. The van der Waals surface area contributed by atoms with Crippen molar-refractivity contribution in [1.82, 2.24) is 20.8 Å². The summed E-state index contributed by atoms with van der Waals surface area (Å²) in [7, 11) is 0. The molecule has 21 heavy (non-hydrogen) atoms. The van der Waals surface area contributed by atoms with Crippen LogP contribution in [0.5, 0.6) is 0 Å². The van der Waals surface area contributed by atoms with E-state index in [0.717, 1.165) is 5.56 Å². The topological polar surface area (TPSA) is 97.1 Å². The van der Waals surface area contributed by atoms with Crippen molar-refractivity contribution in [2.24, 2.45) is 0 Å². The average Bonchev–Trinajstić information content (AvgIpc) is 2.91. The van der Waals surface area contributed by atoms with E-state index in [1.54, 1.807) is 6.92 Å².